The molecule has 4 nitrogen and oxygen atoms in total. The minimum absolute atomic E-state index is 0.00919. The fraction of sp³-hybridized carbons (Fsp3) is 0.312. The van der Waals surface area contributed by atoms with E-state index in [4.69, 9.17) is 4.42 Å². The van der Waals surface area contributed by atoms with E-state index >= 15 is 0 Å². The van der Waals surface area contributed by atoms with Gasteiger partial charge in [-0.05, 0) is 60.1 Å². The maximum atomic E-state index is 12.0. The topological polar surface area (TPSA) is 54.3 Å². The molecule has 0 aliphatic carbocycles. The number of benzene rings is 1. The second-order valence-corrected chi connectivity index (χ2v) is 6.48. The third-order valence-corrected chi connectivity index (χ3v) is 4.76. The van der Waals surface area contributed by atoms with Crippen LogP contribution >= 0.6 is 15.9 Å². The van der Waals surface area contributed by atoms with E-state index in [2.05, 4.69) is 32.6 Å². The van der Waals surface area contributed by atoms with Crippen LogP contribution in [-0.2, 0) is 10.2 Å². The Hall–Kier alpha value is -1.59. The largest absolute Gasteiger partial charge is 0.457 e. The maximum absolute atomic E-state index is 12.0. The van der Waals surface area contributed by atoms with Gasteiger partial charge in [0.15, 0.2) is 4.67 Å². The van der Waals surface area contributed by atoms with E-state index in [-0.39, 0.29) is 11.9 Å². The quantitative estimate of drug-likeness (QED) is 0.891. The first-order valence-electron chi connectivity index (χ1n) is 6.81. The number of nitrogens with one attached hydrogen (secondary N) is 2. The van der Waals surface area contributed by atoms with Crippen LogP contribution in [0.1, 0.15) is 36.6 Å². The van der Waals surface area contributed by atoms with Crippen molar-refractivity contribution >= 4 is 27.5 Å². The number of rotatable bonds is 3. The second kappa shape index (κ2) is 5.00. The highest BCUT2D eigenvalue weighted by Crippen LogP contribution is 2.40. The zero-order valence-corrected chi connectivity index (χ0v) is 13.7. The Morgan fingerprint density at radius 3 is 2.71 bits per heavy atom. The van der Waals surface area contributed by atoms with Crippen molar-refractivity contribution in [2.24, 2.45) is 0 Å². The van der Waals surface area contributed by atoms with Crippen LogP contribution in [0.25, 0.3) is 0 Å². The highest BCUT2D eigenvalue weighted by molar-refractivity contribution is 9.10. The molecule has 1 amide bonds. The van der Waals surface area contributed by atoms with Gasteiger partial charge in [-0.2, -0.15) is 0 Å². The van der Waals surface area contributed by atoms with Crippen LogP contribution in [0.4, 0.5) is 5.69 Å². The molecule has 1 unspecified atom stereocenters. The summed E-state index contributed by atoms with van der Waals surface area (Å²) in [6.45, 7) is 3.89. The molecule has 1 aromatic carbocycles. The lowest BCUT2D eigenvalue weighted by Gasteiger charge is -2.20. The summed E-state index contributed by atoms with van der Waals surface area (Å²) in [4.78, 5) is 12.0. The molecule has 1 aromatic heterocycles. The van der Waals surface area contributed by atoms with Gasteiger partial charge in [0.2, 0.25) is 5.91 Å². The Morgan fingerprint density at radius 2 is 2.10 bits per heavy atom. The molecule has 0 saturated heterocycles. The van der Waals surface area contributed by atoms with Crippen LogP contribution in [0.2, 0.25) is 0 Å². The van der Waals surface area contributed by atoms with Crippen molar-refractivity contribution < 1.29 is 9.21 Å². The summed E-state index contributed by atoms with van der Waals surface area (Å²) in [5.41, 5.74) is 3.56. The van der Waals surface area contributed by atoms with E-state index in [1.807, 2.05) is 39.1 Å². The molecule has 5 heteroatoms. The molecular weight excluding hydrogens is 332 g/mol. The Labute approximate surface area is 132 Å². The number of carbonyl (C=O) groups is 1. The molecule has 2 heterocycles. The summed E-state index contributed by atoms with van der Waals surface area (Å²) >= 11 is 3.43. The number of hydrogen-bond acceptors (Lipinski definition) is 3. The van der Waals surface area contributed by atoms with Crippen LogP contribution in [0.5, 0.6) is 0 Å². The van der Waals surface area contributed by atoms with E-state index < -0.39 is 5.41 Å². The highest BCUT2D eigenvalue weighted by Gasteiger charge is 2.38. The Morgan fingerprint density at radius 1 is 1.33 bits per heavy atom. The van der Waals surface area contributed by atoms with Gasteiger partial charge in [-0.3, -0.25) is 4.79 Å². The van der Waals surface area contributed by atoms with Gasteiger partial charge in [-0.1, -0.05) is 12.1 Å². The lowest BCUT2D eigenvalue weighted by atomic mass is 9.84. The number of amides is 1. The van der Waals surface area contributed by atoms with Crippen LogP contribution in [0, 0.1) is 0 Å². The monoisotopic (exact) mass is 348 g/mol. The molecule has 0 spiro atoms. The number of carbonyl (C=O) groups excluding carboxylic acids is 1. The molecular formula is C16H17BrN2O2. The predicted octanol–water partition coefficient (Wildman–Crippen LogP) is 3.58. The molecule has 1 atom stereocenters. The van der Waals surface area contributed by atoms with Gasteiger partial charge in [0.25, 0.3) is 0 Å². The van der Waals surface area contributed by atoms with Crippen molar-refractivity contribution in [1.29, 1.82) is 0 Å². The van der Waals surface area contributed by atoms with E-state index in [0.717, 1.165) is 27.0 Å². The SMILES string of the molecule is CNC(c1ccc2c(c1)C(C)(C)C(=O)N2)c1ccoc1Br. The zero-order chi connectivity index (χ0) is 15.2. The molecule has 2 N–H and O–H groups in total. The summed E-state index contributed by atoms with van der Waals surface area (Å²) in [6, 6.07) is 8.03. The minimum atomic E-state index is -0.503. The van der Waals surface area contributed by atoms with Crippen LogP contribution < -0.4 is 10.6 Å². The molecule has 1 aliphatic heterocycles. The van der Waals surface area contributed by atoms with Crippen LogP contribution in [-0.4, -0.2) is 13.0 Å². The lowest BCUT2D eigenvalue weighted by Crippen LogP contribution is -2.27. The number of anilines is 1. The molecule has 1 aliphatic rings. The highest BCUT2D eigenvalue weighted by atomic mass is 79.9. The van der Waals surface area contributed by atoms with Crippen molar-refractivity contribution in [1.82, 2.24) is 5.32 Å². The average Bonchev–Trinajstić information content (AvgIpc) is 2.95. The Bertz CT molecular complexity index is 706. The predicted molar refractivity (Wildman–Crippen MR) is 85.4 cm³/mol. The van der Waals surface area contributed by atoms with Crippen LogP contribution in [0.15, 0.2) is 39.6 Å². The molecule has 21 heavy (non-hydrogen) atoms. The smallest absolute Gasteiger partial charge is 0.234 e. The first-order chi connectivity index (χ1) is 9.95. The van der Waals surface area contributed by atoms with E-state index in [9.17, 15) is 4.79 Å². The molecule has 110 valence electrons. The van der Waals surface area contributed by atoms with Gasteiger partial charge < -0.3 is 15.1 Å². The van der Waals surface area contributed by atoms with Crippen molar-refractivity contribution in [3.05, 3.63) is 51.9 Å². The van der Waals surface area contributed by atoms with Crippen molar-refractivity contribution in [2.45, 2.75) is 25.3 Å². The van der Waals surface area contributed by atoms with Gasteiger partial charge in [-0.15, -0.1) is 0 Å². The van der Waals surface area contributed by atoms with Gasteiger partial charge >= 0.3 is 0 Å². The Balaban J connectivity index is 2.07. The van der Waals surface area contributed by atoms with Gasteiger partial charge in [0.1, 0.15) is 0 Å². The van der Waals surface area contributed by atoms with E-state index in [1.54, 1.807) is 6.26 Å². The molecule has 0 saturated carbocycles. The third-order valence-electron chi connectivity index (χ3n) is 4.11. The number of hydrogen-bond donors (Lipinski definition) is 2. The Kier molecular flexibility index (Phi) is 3.42. The first kappa shape index (κ1) is 14.4. The second-order valence-electron chi connectivity index (χ2n) is 5.76. The van der Waals surface area contributed by atoms with Gasteiger partial charge in [-0.25, -0.2) is 0 Å². The van der Waals surface area contributed by atoms with Crippen LogP contribution in [0.3, 0.4) is 0 Å². The van der Waals surface area contributed by atoms with Gasteiger partial charge in [0, 0.05) is 11.3 Å². The summed E-state index contributed by atoms with van der Waals surface area (Å²) in [6.07, 6.45) is 1.66. The first-order valence-corrected chi connectivity index (χ1v) is 7.60. The fourth-order valence-electron chi connectivity index (χ4n) is 2.78. The average molecular weight is 349 g/mol. The summed E-state index contributed by atoms with van der Waals surface area (Å²) in [7, 11) is 1.91. The summed E-state index contributed by atoms with van der Waals surface area (Å²) < 4.78 is 6.05. The number of halogens is 1. The number of furan rings is 1. The van der Waals surface area contributed by atoms with Crippen molar-refractivity contribution in [2.75, 3.05) is 12.4 Å². The molecule has 0 bridgehead atoms. The molecule has 3 rings (SSSR count). The van der Waals surface area contributed by atoms with E-state index in [0.29, 0.717) is 0 Å². The fourth-order valence-corrected chi connectivity index (χ4v) is 3.25. The molecule has 2 aromatic rings. The summed E-state index contributed by atoms with van der Waals surface area (Å²) in [5.74, 6) is 0.0418. The zero-order valence-electron chi connectivity index (χ0n) is 12.2. The van der Waals surface area contributed by atoms with Gasteiger partial charge in [0.05, 0.1) is 17.7 Å². The standard InChI is InChI=1S/C16H17BrN2O2/c1-16(2)11-8-9(4-5-12(11)19-15(16)20)13(18-3)10-6-7-21-14(10)17/h4-8,13,18H,1-3H3,(H,19,20). The molecule has 0 fully saturated rings. The lowest BCUT2D eigenvalue weighted by molar-refractivity contribution is -0.119. The normalized spacial score (nSPS) is 17.4. The third kappa shape index (κ3) is 2.21. The molecule has 0 radical (unpaired) electrons. The maximum Gasteiger partial charge on any atom is 0.234 e. The van der Waals surface area contributed by atoms with Crippen molar-refractivity contribution in [3.63, 3.8) is 0 Å². The van der Waals surface area contributed by atoms with Crippen molar-refractivity contribution in [3.8, 4) is 0 Å². The number of fused-ring (bicyclic) bond motifs is 1. The summed E-state index contributed by atoms with van der Waals surface area (Å²) in [5, 5.41) is 6.23. The minimum Gasteiger partial charge on any atom is -0.457 e. The van der Waals surface area contributed by atoms with E-state index in [1.165, 1.54) is 0 Å².